The molecule has 23 heavy (non-hydrogen) atoms. The van der Waals surface area contributed by atoms with E-state index in [4.69, 9.17) is 0 Å². The molecule has 0 saturated heterocycles. The van der Waals surface area contributed by atoms with Gasteiger partial charge in [0.1, 0.15) is 5.70 Å². The zero-order chi connectivity index (χ0) is 16.6. The van der Waals surface area contributed by atoms with Gasteiger partial charge < -0.3 is 10.0 Å². The Balaban J connectivity index is 2.19. The first-order chi connectivity index (χ1) is 11.0. The average Bonchev–Trinajstić information content (AvgIpc) is 2.98. The second-order valence-electron chi connectivity index (χ2n) is 5.09. The molecule has 0 unspecified atom stereocenters. The van der Waals surface area contributed by atoms with E-state index in [2.05, 4.69) is 10.1 Å². The minimum Gasteiger partial charge on any atom is -0.478 e. The number of likely N-dealkylation sites (N-methyl/N-ethyl adjacent to an activating group) is 1. The Hall–Kier alpha value is -3.18. The van der Waals surface area contributed by atoms with Crippen molar-refractivity contribution in [3.63, 3.8) is 0 Å². The summed E-state index contributed by atoms with van der Waals surface area (Å²) < 4.78 is 1.67. The molecule has 1 N–H and O–H groups in total. The van der Waals surface area contributed by atoms with Gasteiger partial charge in [-0.05, 0) is 19.1 Å². The lowest BCUT2D eigenvalue weighted by molar-refractivity contribution is -0.132. The van der Waals surface area contributed by atoms with E-state index in [1.165, 1.54) is 6.08 Å². The fraction of sp³-hybridized carbons (Fsp3) is 0.188. The molecule has 0 spiro atoms. The van der Waals surface area contributed by atoms with Gasteiger partial charge in [0, 0.05) is 37.1 Å². The van der Waals surface area contributed by atoms with Gasteiger partial charge in [0.2, 0.25) is 0 Å². The van der Waals surface area contributed by atoms with Crippen molar-refractivity contribution in [3.8, 4) is 11.3 Å². The molecule has 0 aromatic carbocycles. The third kappa shape index (κ3) is 2.43. The van der Waals surface area contributed by atoms with Crippen molar-refractivity contribution in [2.24, 2.45) is 7.05 Å². The monoisotopic (exact) mass is 310 g/mol. The molecule has 0 bridgehead atoms. The summed E-state index contributed by atoms with van der Waals surface area (Å²) >= 11 is 0. The first-order valence-corrected chi connectivity index (χ1v) is 7.02. The van der Waals surface area contributed by atoms with Gasteiger partial charge in [0.15, 0.2) is 5.94 Å². The fourth-order valence-corrected chi connectivity index (χ4v) is 2.60. The van der Waals surface area contributed by atoms with Crippen molar-refractivity contribution in [1.29, 1.82) is 0 Å². The van der Waals surface area contributed by atoms with Crippen LogP contribution in [0.4, 0.5) is 5.69 Å². The maximum atomic E-state index is 11.4. The van der Waals surface area contributed by atoms with Crippen molar-refractivity contribution in [2.75, 3.05) is 11.4 Å². The van der Waals surface area contributed by atoms with Crippen LogP contribution in [-0.4, -0.2) is 38.3 Å². The number of anilines is 1. The third-order valence-corrected chi connectivity index (χ3v) is 3.67. The van der Waals surface area contributed by atoms with Crippen molar-refractivity contribution in [1.82, 2.24) is 14.8 Å². The first-order valence-electron chi connectivity index (χ1n) is 7.02. The molecule has 0 aliphatic carbocycles. The van der Waals surface area contributed by atoms with Crippen LogP contribution in [0.15, 0.2) is 35.9 Å². The maximum Gasteiger partial charge on any atom is 0.338 e. The van der Waals surface area contributed by atoms with Gasteiger partial charge >= 0.3 is 5.97 Å². The number of rotatable bonds is 3. The topological polar surface area (TPSA) is 88.3 Å². The lowest BCUT2D eigenvalue weighted by Crippen LogP contribution is -2.29. The Morgan fingerprint density at radius 1 is 1.39 bits per heavy atom. The number of hydrogen-bond donors (Lipinski definition) is 1. The van der Waals surface area contributed by atoms with E-state index in [1.807, 2.05) is 26.2 Å². The molecule has 2 aromatic rings. The van der Waals surface area contributed by atoms with E-state index in [1.54, 1.807) is 27.9 Å². The summed E-state index contributed by atoms with van der Waals surface area (Å²) in [7, 11) is 1.81. The third-order valence-electron chi connectivity index (χ3n) is 3.67. The lowest BCUT2D eigenvalue weighted by Gasteiger charge is -2.29. The SMILES string of the molecule is CCN1C(=C=O)C(C(=O)O)=Cc2cnc(-c3cnn(C)c3)cc21. The van der Waals surface area contributed by atoms with E-state index in [0.29, 0.717) is 17.8 Å². The molecule has 0 amide bonds. The van der Waals surface area contributed by atoms with Gasteiger partial charge in [-0.15, -0.1) is 0 Å². The normalized spacial score (nSPS) is 13.4. The minimum absolute atomic E-state index is 0.0239. The zero-order valence-electron chi connectivity index (χ0n) is 12.6. The molecule has 3 rings (SSSR count). The number of carboxylic acid groups (broad SMARTS) is 1. The Morgan fingerprint density at radius 3 is 2.74 bits per heavy atom. The Kier molecular flexibility index (Phi) is 3.56. The quantitative estimate of drug-likeness (QED) is 0.864. The van der Waals surface area contributed by atoms with Crippen LogP contribution >= 0.6 is 0 Å². The number of carbonyl (C=O) groups is 1. The molecule has 1 aliphatic heterocycles. The zero-order valence-corrected chi connectivity index (χ0v) is 12.6. The van der Waals surface area contributed by atoms with Crippen LogP contribution in [0, 0.1) is 0 Å². The molecule has 7 nitrogen and oxygen atoms in total. The summed E-state index contributed by atoms with van der Waals surface area (Å²) in [4.78, 5) is 28.6. The van der Waals surface area contributed by atoms with Gasteiger partial charge in [0.05, 0.1) is 23.2 Å². The standard InChI is InChI=1S/C16H14N4O3/c1-3-20-14-5-13(11-7-18-19(2)8-11)17-6-10(14)4-12(16(22)23)15(20)9-21/h4-8H,3H2,1-2H3,(H,22,23). The van der Waals surface area contributed by atoms with Gasteiger partial charge in [0.25, 0.3) is 0 Å². The second kappa shape index (κ2) is 5.55. The molecule has 3 heterocycles. The van der Waals surface area contributed by atoms with Crippen molar-refractivity contribution >= 4 is 23.7 Å². The van der Waals surface area contributed by atoms with Crippen LogP contribution in [0.2, 0.25) is 0 Å². The van der Waals surface area contributed by atoms with Crippen molar-refractivity contribution in [2.45, 2.75) is 6.92 Å². The van der Waals surface area contributed by atoms with E-state index in [-0.39, 0.29) is 11.3 Å². The molecule has 2 aromatic heterocycles. The number of nitrogens with zero attached hydrogens (tertiary/aromatic N) is 4. The summed E-state index contributed by atoms with van der Waals surface area (Å²) in [5, 5.41) is 13.4. The summed E-state index contributed by atoms with van der Waals surface area (Å²) in [5.74, 6) is 0.584. The predicted octanol–water partition coefficient (Wildman–Crippen LogP) is 1.51. The highest BCUT2D eigenvalue weighted by Gasteiger charge is 2.28. The number of aromatic nitrogens is 3. The van der Waals surface area contributed by atoms with E-state index >= 15 is 0 Å². The van der Waals surface area contributed by atoms with Crippen LogP contribution in [0.25, 0.3) is 17.3 Å². The van der Waals surface area contributed by atoms with Gasteiger partial charge in [-0.3, -0.25) is 9.67 Å². The predicted molar refractivity (Wildman–Crippen MR) is 84.3 cm³/mol. The lowest BCUT2D eigenvalue weighted by atomic mass is 10.0. The molecule has 0 atom stereocenters. The highest BCUT2D eigenvalue weighted by atomic mass is 16.4. The van der Waals surface area contributed by atoms with E-state index in [0.717, 1.165) is 11.3 Å². The average molecular weight is 310 g/mol. The van der Waals surface area contributed by atoms with Crippen LogP contribution in [0.3, 0.4) is 0 Å². The molecular weight excluding hydrogens is 296 g/mol. The smallest absolute Gasteiger partial charge is 0.338 e. The molecule has 0 radical (unpaired) electrons. The molecule has 0 saturated carbocycles. The second-order valence-corrected chi connectivity index (χ2v) is 5.09. The van der Waals surface area contributed by atoms with Crippen LogP contribution in [0.1, 0.15) is 12.5 Å². The number of hydrogen-bond acceptors (Lipinski definition) is 5. The van der Waals surface area contributed by atoms with Crippen molar-refractivity contribution in [3.05, 3.63) is 41.5 Å². The molecule has 116 valence electrons. The van der Waals surface area contributed by atoms with Gasteiger partial charge in [-0.1, -0.05) is 0 Å². The minimum atomic E-state index is -1.16. The number of carboxylic acids is 1. The Labute approximate surface area is 132 Å². The Morgan fingerprint density at radius 2 is 2.17 bits per heavy atom. The summed E-state index contributed by atoms with van der Waals surface area (Å²) in [6.07, 6.45) is 6.58. The summed E-state index contributed by atoms with van der Waals surface area (Å²) in [6, 6.07) is 1.82. The molecule has 7 heteroatoms. The Bertz CT molecular complexity index is 875. The molecule has 1 aliphatic rings. The van der Waals surface area contributed by atoms with Crippen molar-refractivity contribution < 1.29 is 14.7 Å². The number of pyridine rings is 1. The highest BCUT2D eigenvalue weighted by Crippen LogP contribution is 2.35. The number of fused-ring (bicyclic) bond motifs is 1. The largest absolute Gasteiger partial charge is 0.478 e. The van der Waals surface area contributed by atoms with Crippen LogP contribution in [-0.2, 0) is 16.6 Å². The number of aliphatic carboxylic acids is 1. The molecule has 0 fully saturated rings. The van der Waals surface area contributed by atoms with Gasteiger partial charge in [-0.2, -0.15) is 5.10 Å². The van der Waals surface area contributed by atoms with Gasteiger partial charge in [-0.25, -0.2) is 9.59 Å². The summed E-state index contributed by atoms with van der Waals surface area (Å²) in [6.45, 7) is 2.29. The van der Waals surface area contributed by atoms with E-state index < -0.39 is 5.97 Å². The van der Waals surface area contributed by atoms with Crippen LogP contribution < -0.4 is 4.90 Å². The fourth-order valence-electron chi connectivity index (χ4n) is 2.60. The maximum absolute atomic E-state index is 11.4. The molecular formula is C16H14N4O3. The summed E-state index contributed by atoms with van der Waals surface area (Å²) in [5.41, 5.74) is 2.87. The first kappa shape index (κ1) is 14.7. The van der Waals surface area contributed by atoms with E-state index in [9.17, 15) is 14.7 Å². The van der Waals surface area contributed by atoms with Crippen LogP contribution in [0.5, 0.6) is 0 Å². The number of carbonyl (C=O) groups excluding carboxylic acids is 1. The highest BCUT2D eigenvalue weighted by molar-refractivity contribution is 6.04. The number of aryl methyl sites for hydroxylation is 1.